The van der Waals surface area contributed by atoms with E-state index in [2.05, 4.69) is 24.1 Å². The molecule has 2 N–H and O–H groups in total. The van der Waals surface area contributed by atoms with Crippen molar-refractivity contribution in [2.75, 3.05) is 13.1 Å². The molecule has 0 aromatic heterocycles. The largest absolute Gasteiger partial charge is 0.480 e. The van der Waals surface area contributed by atoms with Crippen molar-refractivity contribution in [3.63, 3.8) is 0 Å². The number of carboxylic acid groups (broad SMARTS) is 1. The molecule has 0 amide bonds. The molecule has 18 heavy (non-hydrogen) atoms. The van der Waals surface area contributed by atoms with Crippen LogP contribution in [0.1, 0.15) is 46.5 Å². The number of aliphatic carboxylic acids is 1. The van der Waals surface area contributed by atoms with Gasteiger partial charge in [-0.15, -0.1) is 0 Å². The molecule has 0 radical (unpaired) electrons. The molecule has 0 aliphatic heterocycles. The minimum absolute atomic E-state index is 0.422. The van der Waals surface area contributed by atoms with E-state index in [4.69, 9.17) is 0 Å². The Hall–Kier alpha value is -0.610. The summed E-state index contributed by atoms with van der Waals surface area (Å²) >= 11 is 0. The van der Waals surface area contributed by atoms with Gasteiger partial charge in [0.25, 0.3) is 0 Å². The Bertz CT molecular complexity index is 311. The van der Waals surface area contributed by atoms with E-state index in [1.807, 2.05) is 6.92 Å². The fraction of sp³-hybridized carbons (Fsp3) is 0.929. The molecule has 1 unspecified atom stereocenters. The summed E-state index contributed by atoms with van der Waals surface area (Å²) in [6.45, 7) is 7.86. The fourth-order valence-corrected chi connectivity index (χ4v) is 2.51. The summed E-state index contributed by atoms with van der Waals surface area (Å²) in [5.41, 5.74) is -0.793. The third-order valence-corrected chi connectivity index (χ3v) is 3.75. The predicted octanol–water partition coefficient (Wildman–Crippen LogP) is 1.70. The normalized spacial score (nSPS) is 23.4. The molecule has 0 bridgehead atoms. The van der Waals surface area contributed by atoms with Gasteiger partial charge in [0.15, 0.2) is 0 Å². The van der Waals surface area contributed by atoms with Gasteiger partial charge in [-0.1, -0.05) is 13.8 Å². The first-order valence-electron chi connectivity index (χ1n) is 7.16. The second-order valence-electron chi connectivity index (χ2n) is 6.61. The Morgan fingerprint density at radius 3 is 2.39 bits per heavy atom. The molecule has 4 nitrogen and oxygen atoms in total. The Balaban J connectivity index is 1.98. The van der Waals surface area contributed by atoms with Crippen LogP contribution in [0.25, 0.3) is 0 Å². The van der Waals surface area contributed by atoms with Crippen molar-refractivity contribution in [1.82, 2.24) is 10.2 Å². The van der Waals surface area contributed by atoms with Crippen LogP contribution < -0.4 is 5.32 Å². The van der Waals surface area contributed by atoms with Crippen LogP contribution in [0.5, 0.6) is 0 Å². The van der Waals surface area contributed by atoms with E-state index in [-0.39, 0.29) is 0 Å². The summed E-state index contributed by atoms with van der Waals surface area (Å²) in [6, 6.07) is 1.04. The molecule has 2 aliphatic carbocycles. The van der Waals surface area contributed by atoms with Crippen LogP contribution in [-0.2, 0) is 4.79 Å². The van der Waals surface area contributed by atoms with E-state index in [1.54, 1.807) is 0 Å². The smallest absolute Gasteiger partial charge is 0.324 e. The summed E-state index contributed by atoms with van der Waals surface area (Å²) in [5.74, 6) is -0.131. The Morgan fingerprint density at radius 1 is 1.39 bits per heavy atom. The van der Waals surface area contributed by atoms with E-state index >= 15 is 0 Å². The highest BCUT2D eigenvalue weighted by molar-refractivity contribution is 5.78. The maximum Gasteiger partial charge on any atom is 0.324 e. The summed E-state index contributed by atoms with van der Waals surface area (Å²) in [4.78, 5) is 13.9. The molecule has 2 aliphatic rings. The quantitative estimate of drug-likeness (QED) is 0.692. The van der Waals surface area contributed by atoms with Crippen LogP contribution in [0.15, 0.2) is 0 Å². The monoisotopic (exact) mass is 254 g/mol. The maximum absolute atomic E-state index is 11.6. The van der Waals surface area contributed by atoms with Gasteiger partial charge in [-0.05, 0) is 38.5 Å². The van der Waals surface area contributed by atoms with Crippen LogP contribution in [-0.4, -0.2) is 46.7 Å². The second-order valence-corrected chi connectivity index (χ2v) is 6.61. The lowest BCUT2D eigenvalue weighted by Gasteiger charge is -2.34. The van der Waals surface area contributed by atoms with Crippen LogP contribution in [0.2, 0.25) is 0 Å². The molecule has 0 spiro atoms. The van der Waals surface area contributed by atoms with Gasteiger partial charge in [-0.3, -0.25) is 15.0 Å². The van der Waals surface area contributed by atoms with Gasteiger partial charge in [0.2, 0.25) is 0 Å². The maximum atomic E-state index is 11.6. The zero-order valence-electron chi connectivity index (χ0n) is 11.8. The van der Waals surface area contributed by atoms with Crippen LogP contribution in [0.4, 0.5) is 0 Å². The highest BCUT2D eigenvalue weighted by atomic mass is 16.4. The number of hydrogen-bond donors (Lipinski definition) is 2. The first kappa shape index (κ1) is 13.8. The van der Waals surface area contributed by atoms with Crippen molar-refractivity contribution in [2.45, 2.75) is 64.1 Å². The molecule has 1 atom stereocenters. The van der Waals surface area contributed by atoms with Crippen molar-refractivity contribution >= 4 is 5.97 Å². The average Bonchev–Trinajstić information content (AvgIpc) is 3.11. The SMILES string of the molecule is CC(C)CN(CC(C)(NC1CC1)C(=O)O)C1CC1. The van der Waals surface area contributed by atoms with Gasteiger partial charge in [-0.2, -0.15) is 0 Å². The molecule has 2 fully saturated rings. The van der Waals surface area contributed by atoms with Crippen molar-refractivity contribution < 1.29 is 9.90 Å². The van der Waals surface area contributed by atoms with E-state index < -0.39 is 11.5 Å². The van der Waals surface area contributed by atoms with Gasteiger partial charge in [0, 0.05) is 25.2 Å². The number of carbonyl (C=O) groups is 1. The molecule has 0 saturated heterocycles. The standard InChI is InChI=1S/C14H26N2O2/c1-10(2)8-16(12-6-7-12)9-14(3,13(17)18)15-11-4-5-11/h10-12,15H,4-9H2,1-3H3,(H,17,18). The van der Waals surface area contributed by atoms with Gasteiger partial charge in [0.05, 0.1) is 0 Å². The number of nitrogens with one attached hydrogen (secondary N) is 1. The predicted molar refractivity (Wildman–Crippen MR) is 71.6 cm³/mol. The number of nitrogens with zero attached hydrogens (tertiary/aromatic N) is 1. The molecule has 2 saturated carbocycles. The molecule has 0 aromatic carbocycles. The Labute approximate surface area is 110 Å². The van der Waals surface area contributed by atoms with Crippen LogP contribution >= 0.6 is 0 Å². The van der Waals surface area contributed by atoms with Gasteiger partial charge in [0.1, 0.15) is 5.54 Å². The Kier molecular flexibility index (Phi) is 3.97. The minimum Gasteiger partial charge on any atom is -0.480 e. The lowest BCUT2D eigenvalue weighted by atomic mass is 10.0. The van der Waals surface area contributed by atoms with Gasteiger partial charge in [-0.25, -0.2) is 0 Å². The van der Waals surface area contributed by atoms with E-state index in [1.165, 1.54) is 12.8 Å². The summed E-state index contributed by atoms with van der Waals surface area (Å²) in [6.07, 6.45) is 4.70. The number of hydrogen-bond acceptors (Lipinski definition) is 3. The zero-order chi connectivity index (χ0) is 13.3. The van der Waals surface area contributed by atoms with Crippen molar-refractivity contribution in [2.24, 2.45) is 5.92 Å². The summed E-state index contributed by atoms with van der Waals surface area (Å²) < 4.78 is 0. The first-order valence-corrected chi connectivity index (χ1v) is 7.16. The number of rotatable bonds is 8. The van der Waals surface area contributed by atoms with E-state index in [0.717, 1.165) is 19.4 Å². The molecule has 104 valence electrons. The zero-order valence-corrected chi connectivity index (χ0v) is 11.8. The molecule has 2 rings (SSSR count). The fourth-order valence-electron chi connectivity index (χ4n) is 2.51. The van der Waals surface area contributed by atoms with E-state index in [0.29, 0.717) is 24.5 Å². The van der Waals surface area contributed by atoms with Crippen molar-refractivity contribution in [1.29, 1.82) is 0 Å². The van der Waals surface area contributed by atoms with Gasteiger partial charge >= 0.3 is 5.97 Å². The van der Waals surface area contributed by atoms with E-state index in [9.17, 15) is 9.90 Å². The average molecular weight is 254 g/mol. The molecule has 0 aromatic rings. The molecular formula is C14H26N2O2. The topological polar surface area (TPSA) is 52.6 Å². The highest BCUT2D eigenvalue weighted by Crippen LogP contribution is 2.30. The van der Waals surface area contributed by atoms with Gasteiger partial charge < -0.3 is 5.11 Å². The third kappa shape index (κ3) is 3.69. The molecule has 0 heterocycles. The van der Waals surface area contributed by atoms with Crippen molar-refractivity contribution in [3.05, 3.63) is 0 Å². The molecule has 4 heteroatoms. The van der Waals surface area contributed by atoms with Crippen molar-refractivity contribution in [3.8, 4) is 0 Å². The molecular weight excluding hydrogens is 228 g/mol. The highest BCUT2D eigenvalue weighted by Gasteiger charge is 2.42. The minimum atomic E-state index is -0.793. The lowest BCUT2D eigenvalue weighted by Crippen LogP contribution is -2.58. The Morgan fingerprint density at radius 2 is 2.00 bits per heavy atom. The van der Waals surface area contributed by atoms with Crippen LogP contribution in [0.3, 0.4) is 0 Å². The first-order chi connectivity index (χ1) is 8.40. The second kappa shape index (κ2) is 5.17. The van der Waals surface area contributed by atoms with Crippen LogP contribution in [0, 0.1) is 5.92 Å². The number of carboxylic acids is 1. The summed E-state index contributed by atoms with van der Waals surface area (Å²) in [5, 5.41) is 12.8. The lowest BCUT2D eigenvalue weighted by molar-refractivity contribution is -0.145. The summed E-state index contributed by atoms with van der Waals surface area (Å²) in [7, 11) is 0. The third-order valence-electron chi connectivity index (χ3n) is 3.75.